The number of hydrogen-bond donors (Lipinski definition) is 1. The molecule has 0 amide bonds. The fraction of sp³-hybridized carbons (Fsp3) is 0.615. The lowest BCUT2D eigenvalue weighted by Gasteiger charge is -2.30. The second-order valence-electron chi connectivity index (χ2n) is 4.84. The van der Waals surface area contributed by atoms with E-state index < -0.39 is 11.6 Å². The van der Waals surface area contributed by atoms with E-state index in [-0.39, 0.29) is 5.82 Å². The first-order valence-corrected chi connectivity index (χ1v) is 6.22. The lowest BCUT2D eigenvalue weighted by atomic mass is 10.2. The fourth-order valence-electron chi connectivity index (χ4n) is 1.96. The molecule has 0 fully saturated rings. The van der Waals surface area contributed by atoms with Crippen molar-refractivity contribution in [2.24, 2.45) is 0 Å². The molecule has 0 saturated heterocycles. The molecule has 0 aliphatic carbocycles. The number of nitrogens with one attached hydrogen (secondary N) is 1. The number of halogens is 2. The summed E-state index contributed by atoms with van der Waals surface area (Å²) in [6, 6.07) is 1.69. The zero-order valence-corrected chi connectivity index (χ0v) is 11.4. The van der Waals surface area contributed by atoms with Crippen LogP contribution < -0.4 is 5.32 Å². The first-order valence-electron chi connectivity index (χ1n) is 6.22. The van der Waals surface area contributed by atoms with Gasteiger partial charge in [0.15, 0.2) is 11.6 Å². The minimum Gasteiger partial charge on any atom is -0.366 e. The number of anilines is 1. The Kier molecular flexibility index (Phi) is 5.47. The van der Waals surface area contributed by atoms with Crippen molar-refractivity contribution < 1.29 is 8.78 Å². The van der Waals surface area contributed by atoms with E-state index in [1.54, 1.807) is 0 Å². The molecule has 0 atom stereocenters. The zero-order valence-electron chi connectivity index (χ0n) is 11.4. The van der Waals surface area contributed by atoms with Crippen LogP contribution in [-0.4, -0.2) is 35.1 Å². The molecule has 0 spiro atoms. The summed E-state index contributed by atoms with van der Waals surface area (Å²) in [7, 11) is 0. The summed E-state index contributed by atoms with van der Waals surface area (Å²) in [6.07, 6.45) is 1.01. The summed E-state index contributed by atoms with van der Waals surface area (Å²) < 4.78 is 26.0. The van der Waals surface area contributed by atoms with Gasteiger partial charge in [0.2, 0.25) is 0 Å². The van der Waals surface area contributed by atoms with E-state index in [1.807, 2.05) is 0 Å². The summed E-state index contributed by atoms with van der Waals surface area (Å²) in [5.41, 5.74) is 0. The second-order valence-corrected chi connectivity index (χ2v) is 4.84. The minimum absolute atomic E-state index is 0.101. The molecule has 0 saturated carbocycles. The predicted molar refractivity (Wildman–Crippen MR) is 69.6 cm³/mol. The fourth-order valence-corrected chi connectivity index (χ4v) is 1.96. The molecule has 0 unspecified atom stereocenters. The number of hydrogen-bond acceptors (Lipinski definition) is 3. The molecular formula is C13H21F2N3. The van der Waals surface area contributed by atoms with Crippen LogP contribution in [0.4, 0.5) is 14.6 Å². The Hall–Kier alpha value is -1.23. The van der Waals surface area contributed by atoms with Crippen molar-refractivity contribution in [3.05, 3.63) is 23.9 Å². The van der Waals surface area contributed by atoms with Gasteiger partial charge in [-0.2, -0.15) is 0 Å². The Labute approximate surface area is 107 Å². The first kappa shape index (κ1) is 14.8. The molecule has 0 radical (unpaired) electrons. The molecule has 102 valence electrons. The van der Waals surface area contributed by atoms with Crippen LogP contribution in [0.25, 0.3) is 0 Å². The Morgan fingerprint density at radius 1 is 1.22 bits per heavy atom. The van der Waals surface area contributed by atoms with Gasteiger partial charge in [-0.05, 0) is 27.7 Å². The van der Waals surface area contributed by atoms with Gasteiger partial charge in [0, 0.05) is 31.2 Å². The summed E-state index contributed by atoms with van der Waals surface area (Å²) in [4.78, 5) is 5.97. The van der Waals surface area contributed by atoms with Gasteiger partial charge in [-0.25, -0.2) is 13.8 Å². The van der Waals surface area contributed by atoms with E-state index in [9.17, 15) is 8.78 Å². The van der Waals surface area contributed by atoms with Crippen LogP contribution in [0.1, 0.15) is 27.7 Å². The summed E-state index contributed by atoms with van der Waals surface area (Å²) in [5, 5.41) is 2.89. The van der Waals surface area contributed by atoms with Gasteiger partial charge in [0.05, 0.1) is 6.20 Å². The van der Waals surface area contributed by atoms with Crippen LogP contribution in [0, 0.1) is 11.6 Å². The Balaban J connectivity index is 2.50. The maximum Gasteiger partial charge on any atom is 0.168 e. The molecule has 0 bridgehead atoms. The summed E-state index contributed by atoms with van der Waals surface area (Å²) >= 11 is 0. The molecule has 0 aliphatic rings. The summed E-state index contributed by atoms with van der Waals surface area (Å²) in [6.45, 7) is 9.85. The van der Waals surface area contributed by atoms with Crippen molar-refractivity contribution in [3.8, 4) is 0 Å². The first-order chi connectivity index (χ1) is 8.41. The third kappa shape index (κ3) is 4.22. The summed E-state index contributed by atoms with van der Waals surface area (Å²) in [5.74, 6) is -1.22. The van der Waals surface area contributed by atoms with Crippen molar-refractivity contribution in [2.75, 3.05) is 18.4 Å². The number of nitrogens with zero attached hydrogens (tertiary/aromatic N) is 2. The zero-order chi connectivity index (χ0) is 13.7. The highest BCUT2D eigenvalue weighted by Crippen LogP contribution is 2.11. The third-order valence-corrected chi connectivity index (χ3v) is 2.80. The normalized spacial score (nSPS) is 11.6. The number of rotatable bonds is 6. The van der Waals surface area contributed by atoms with Gasteiger partial charge < -0.3 is 5.32 Å². The number of pyridine rings is 1. The van der Waals surface area contributed by atoms with Crippen LogP contribution in [0.15, 0.2) is 12.3 Å². The van der Waals surface area contributed by atoms with E-state index in [4.69, 9.17) is 0 Å². The molecular weight excluding hydrogens is 236 g/mol. The van der Waals surface area contributed by atoms with Crippen molar-refractivity contribution in [1.82, 2.24) is 9.88 Å². The van der Waals surface area contributed by atoms with Crippen LogP contribution >= 0.6 is 0 Å². The van der Waals surface area contributed by atoms with Gasteiger partial charge in [0.25, 0.3) is 0 Å². The van der Waals surface area contributed by atoms with E-state index in [0.29, 0.717) is 18.6 Å². The molecule has 3 nitrogen and oxygen atoms in total. The average Bonchev–Trinajstić information content (AvgIpc) is 2.25. The van der Waals surface area contributed by atoms with E-state index in [0.717, 1.165) is 18.8 Å². The molecule has 1 rings (SSSR count). The topological polar surface area (TPSA) is 28.2 Å². The lowest BCUT2D eigenvalue weighted by Crippen LogP contribution is -2.40. The molecule has 18 heavy (non-hydrogen) atoms. The van der Waals surface area contributed by atoms with Gasteiger partial charge >= 0.3 is 0 Å². The van der Waals surface area contributed by atoms with Crippen molar-refractivity contribution >= 4 is 5.82 Å². The lowest BCUT2D eigenvalue weighted by molar-refractivity contribution is 0.182. The van der Waals surface area contributed by atoms with Crippen LogP contribution in [0.5, 0.6) is 0 Å². The average molecular weight is 257 g/mol. The largest absolute Gasteiger partial charge is 0.366 e. The number of aromatic nitrogens is 1. The SMILES string of the molecule is CC(C)N(CCNc1ncc(F)cc1F)C(C)C. The van der Waals surface area contributed by atoms with E-state index in [2.05, 4.69) is 42.9 Å². The Bertz CT molecular complexity index is 372. The molecule has 1 N–H and O–H groups in total. The minimum atomic E-state index is -0.663. The molecule has 1 aromatic rings. The van der Waals surface area contributed by atoms with Crippen LogP contribution in [0.2, 0.25) is 0 Å². The molecule has 1 heterocycles. The predicted octanol–water partition coefficient (Wildman–Crippen LogP) is 2.89. The van der Waals surface area contributed by atoms with E-state index >= 15 is 0 Å². The van der Waals surface area contributed by atoms with Gasteiger partial charge in [-0.3, -0.25) is 4.90 Å². The van der Waals surface area contributed by atoms with Gasteiger partial charge in [0.1, 0.15) is 5.82 Å². The maximum absolute atomic E-state index is 13.3. The smallest absolute Gasteiger partial charge is 0.168 e. The third-order valence-electron chi connectivity index (χ3n) is 2.80. The second kappa shape index (κ2) is 6.64. The van der Waals surface area contributed by atoms with Crippen molar-refractivity contribution in [3.63, 3.8) is 0 Å². The maximum atomic E-state index is 13.3. The van der Waals surface area contributed by atoms with E-state index in [1.165, 1.54) is 0 Å². The quantitative estimate of drug-likeness (QED) is 0.849. The van der Waals surface area contributed by atoms with Crippen molar-refractivity contribution in [2.45, 2.75) is 39.8 Å². The molecule has 1 aromatic heterocycles. The molecule has 5 heteroatoms. The highest BCUT2D eigenvalue weighted by molar-refractivity contribution is 5.35. The molecule has 0 aliphatic heterocycles. The monoisotopic (exact) mass is 257 g/mol. The molecule has 0 aromatic carbocycles. The standard InChI is InChI=1S/C13H21F2N3/c1-9(2)18(10(3)4)6-5-16-13-12(15)7-11(14)8-17-13/h7-10H,5-6H2,1-4H3,(H,16,17). The highest BCUT2D eigenvalue weighted by Gasteiger charge is 2.13. The van der Waals surface area contributed by atoms with Gasteiger partial charge in [-0.15, -0.1) is 0 Å². The van der Waals surface area contributed by atoms with Gasteiger partial charge in [-0.1, -0.05) is 0 Å². The van der Waals surface area contributed by atoms with Crippen molar-refractivity contribution in [1.29, 1.82) is 0 Å². The highest BCUT2D eigenvalue weighted by atomic mass is 19.1. The van der Waals surface area contributed by atoms with Crippen LogP contribution in [0.3, 0.4) is 0 Å². The Morgan fingerprint density at radius 2 is 1.83 bits per heavy atom. The Morgan fingerprint density at radius 3 is 2.33 bits per heavy atom. The van der Waals surface area contributed by atoms with Crippen LogP contribution in [-0.2, 0) is 0 Å².